The summed E-state index contributed by atoms with van der Waals surface area (Å²) < 4.78 is 27.6. The lowest BCUT2D eigenvalue weighted by molar-refractivity contribution is 0.158. The highest BCUT2D eigenvalue weighted by Crippen LogP contribution is 2.44. The smallest absolute Gasteiger partial charge is 0.327 e. The molecule has 4 heterocycles. The first kappa shape index (κ1) is 28.8. The van der Waals surface area contributed by atoms with Crippen molar-refractivity contribution >= 4 is 41.6 Å². The highest BCUT2D eigenvalue weighted by atomic mass is 31.2. The molecule has 16 heteroatoms. The maximum atomic E-state index is 12.9. The molecule has 2 N–H and O–H groups in total. The van der Waals surface area contributed by atoms with Gasteiger partial charge in [-0.05, 0) is 12.8 Å². The van der Waals surface area contributed by atoms with Crippen LogP contribution in [0.4, 0.5) is 11.6 Å². The molecule has 0 saturated heterocycles. The van der Waals surface area contributed by atoms with Gasteiger partial charge in [-0.2, -0.15) is 0 Å². The Labute approximate surface area is 226 Å². The van der Waals surface area contributed by atoms with Gasteiger partial charge >= 0.3 is 7.60 Å². The number of imidazole rings is 2. The van der Waals surface area contributed by atoms with E-state index in [1.165, 1.54) is 19.3 Å². The average molecular weight is 563 g/mol. The molecule has 4 aromatic heterocycles. The van der Waals surface area contributed by atoms with Crippen LogP contribution in [-0.4, -0.2) is 111 Å². The molecule has 15 nitrogen and oxygen atoms in total. The van der Waals surface area contributed by atoms with Crippen LogP contribution >= 0.6 is 7.60 Å². The van der Waals surface area contributed by atoms with Crippen LogP contribution in [0.25, 0.3) is 22.3 Å². The van der Waals surface area contributed by atoms with Crippen molar-refractivity contribution in [1.29, 1.82) is 0 Å². The molecule has 0 spiro atoms. The van der Waals surface area contributed by atoms with E-state index in [0.29, 0.717) is 46.8 Å². The van der Waals surface area contributed by atoms with E-state index in [2.05, 4.69) is 29.9 Å². The summed E-state index contributed by atoms with van der Waals surface area (Å²) >= 11 is 0. The second-order valence-electron chi connectivity index (χ2n) is 9.52. The zero-order valence-electron chi connectivity index (χ0n) is 22.7. The molecule has 2 atom stereocenters. The standard InChI is InChI=1S/C23H35N10O5P/c1-30(2)20-18-22(26-12-24-20)32(14-28-18)16(10-34)6-8-37-39(5,36)38-9-7-17(11-35)33-15-29-19-21(31(3)4)25-13-27-23(19)33/h12-17,34-35H,6-11H2,1-5H3. The summed E-state index contributed by atoms with van der Waals surface area (Å²) in [6.07, 6.45) is 6.84. The van der Waals surface area contributed by atoms with Crippen molar-refractivity contribution in [3.8, 4) is 0 Å². The second kappa shape index (κ2) is 12.3. The molecule has 0 radical (unpaired) electrons. The summed E-state index contributed by atoms with van der Waals surface area (Å²) in [6.45, 7) is 1.22. The van der Waals surface area contributed by atoms with Gasteiger partial charge in [0.15, 0.2) is 34.0 Å². The Morgan fingerprint density at radius 3 is 1.54 bits per heavy atom. The van der Waals surface area contributed by atoms with Gasteiger partial charge in [0, 0.05) is 34.9 Å². The number of rotatable bonds is 14. The molecule has 39 heavy (non-hydrogen) atoms. The van der Waals surface area contributed by atoms with Crippen molar-refractivity contribution in [2.45, 2.75) is 24.9 Å². The summed E-state index contributed by atoms with van der Waals surface area (Å²) in [5, 5.41) is 20.0. The number of hydrogen-bond donors (Lipinski definition) is 2. The first-order valence-corrected chi connectivity index (χ1v) is 14.4. The van der Waals surface area contributed by atoms with E-state index in [9.17, 15) is 14.8 Å². The van der Waals surface area contributed by atoms with Crippen LogP contribution < -0.4 is 9.80 Å². The van der Waals surface area contributed by atoms with Gasteiger partial charge in [-0.3, -0.25) is 4.57 Å². The number of aliphatic hydroxyl groups is 2. The minimum Gasteiger partial charge on any atom is -0.394 e. The summed E-state index contributed by atoms with van der Waals surface area (Å²) in [5.41, 5.74) is 2.43. The Balaban J connectivity index is 1.33. The minimum atomic E-state index is -3.40. The lowest BCUT2D eigenvalue weighted by Crippen LogP contribution is -2.17. The Kier molecular flexibility index (Phi) is 9.08. The highest BCUT2D eigenvalue weighted by Gasteiger charge is 2.23. The molecule has 4 aromatic rings. The van der Waals surface area contributed by atoms with Gasteiger partial charge < -0.3 is 38.2 Å². The largest absolute Gasteiger partial charge is 0.394 e. The van der Waals surface area contributed by atoms with Gasteiger partial charge in [-0.15, -0.1) is 0 Å². The average Bonchev–Trinajstić information content (AvgIpc) is 3.53. The predicted octanol–water partition coefficient (Wildman–Crippen LogP) is 1.50. The fourth-order valence-electron chi connectivity index (χ4n) is 4.25. The first-order chi connectivity index (χ1) is 18.7. The molecule has 4 rings (SSSR count). The normalized spacial score (nSPS) is 14.9. The summed E-state index contributed by atoms with van der Waals surface area (Å²) in [6, 6.07) is -0.774. The molecule has 0 aliphatic rings. The van der Waals surface area contributed by atoms with Crippen LogP contribution in [0, 0.1) is 0 Å². The number of hydrogen-bond acceptors (Lipinski definition) is 13. The molecule has 2 unspecified atom stereocenters. The third-order valence-corrected chi connectivity index (χ3v) is 7.59. The van der Waals surface area contributed by atoms with Crippen molar-refractivity contribution in [3.05, 3.63) is 25.3 Å². The van der Waals surface area contributed by atoms with Crippen LogP contribution in [0.5, 0.6) is 0 Å². The van der Waals surface area contributed by atoms with E-state index in [1.54, 1.807) is 21.8 Å². The van der Waals surface area contributed by atoms with Gasteiger partial charge in [0.05, 0.1) is 51.2 Å². The van der Waals surface area contributed by atoms with Crippen molar-refractivity contribution in [2.75, 3.05) is 71.1 Å². The molecule has 0 aromatic carbocycles. The molecule has 0 saturated carbocycles. The topological polar surface area (TPSA) is 170 Å². The molecule has 0 amide bonds. The van der Waals surface area contributed by atoms with Gasteiger partial charge in [0.2, 0.25) is 0 Å². The number of anilines is 2. The van der Waals surface area contributed by atoms with Crippen molar-refractivity contribution in [3.63, 3.8) is 0 Å². The maximum Gasteiger partial charge on any atom is 0.327 e. The fraction of sp³-hybridized carbons (Fsp3) is 0.565. The molecule has 0 aliphatic carbocycles. The third-order valence-electron chi connectivity index (χ3n) is 6.29. The first-order valence-electron chi connectivity index (χ1n) is 12.4. The molecule has 212 valence electrons. The van der Waals surface area contributed by atoms with Gasteiger partial charge in [-0.25, -0.2) is 29.9 Å². The summed E-state index contributed by atoms with van der Waals surface area (Å²) in [5.74, 6) is 1.35. The molecule has 0 bridgehead atoms. The van der Waals surface area contributed by atoms with Crippen molar-refractivity contribution in [1.82, 2.24) is 39.0 Å². The Hall–Kier alpha value is -3.23. The molecular weight excluding hydrogens is 527 g/mol. The quantitative estimate of drug-likeness (QED) is 0.212. The van der Waals surface area contributed by atoms with Gasteiger partial charge in [0.1, 0.15) is 12.7 Å². The number of nitrogens with zero attached hydrogens (tertiary/aromatic N) is 10. The second-order valence-corrected chi connectivity index (χ2v) is 11.6. The van der Waals surface area contributed by atoms with Gasteiger partial charge in [0.25, 0.3) is 0 Å². The number of aromatic nitrogens is 8. The maximum absolute atomic E-state index is 12.9. The lowest BCUT2D eigenvalue weighted by atomic mass is 10.2. The van der Waals surface area contributed by atoms with E-state index in [0.717, 1.165) is 0 Å². The molecule has 0 fully saturated rings. The predicted molar refractivity (Wildman–Crippen MR) is 146 cm³/mol. The summed E-state index contributed by atoms with van der Waals surface area (Å²) in [7, 11) is 4.08. The Bertz CT molecular complexity index is 1340. The van der Waals surface area contributed by atoms with Crippen LogP contribution in [0.2, 0.25) is 0 Å². The van der Waals surface area contributed by atoms with E-state index >= 15 is 0 Å². The number of fused-ring (bicyclic) bond motifs is 2. The molecular formula is C23H35N10O5P. The van der Waals surface area contributed by atoms with E-state index < -0.39 is 7.60 Å². The Morgan fingerprint density at radius 2 is 1.18 bits per heavy atom. The van der Waals surface area contributed by atoms with Crippen LogP contribution in [0.3, 0.4) is 0 Å². The van der Waals surface area contributed by atoms with Gasteiger partial charge in [-0.1, -0.05) is 0 Å². The lowest BCUT2D eigenvalue weighted by Gasteiger charge is -2.20. The molecule has 0 aliphatic heterocycles. The van der Waals surface area contributed by atoms with E-state index in [4.69, 9.17) is 9.05 Å². The fourth-order valence-corrected chi connectivity index (χ4v) is 5.20. The Morgan fingerprint density at radius 1 is 0.769 bits per heavy atom. The van der Waals surface area contributed by atoms with E-state index in [-0.39, 0.29) is 38.5 Å². The zero-order chi connectivity index (χ0) is 28.2. The van der Waals surface area contributed by atoms with Crippen LogP contribution in [0.15, 0.2) is 25.3 Å². The van der Waals surface area contributed by atoms with Crippen LogP contribution in [-0.2, 0) is 13.6 Å². The summed E-state index contributed by atoms with van der Waals surface area (Å²) in [4.78, 5) is 29.7. The number of aliphatic hydroxyl groups excluding tert-OH is 2. The zero-order valence-corrected chi connectivity index (χ0v) is 23.6. The minimum absolute atomic E-state index is 0.0874. The van der Waals surface area contributed by atoms with Crippen molar-refractivity contribution < 1.29 is 23.8 Å². The SMILES string of the molecule is CN(C)c1ncnc2c1ncn2C(CO)CCOP(C)(=O)OCCC(CO)n1cnc2c(N(C)C)ncnc21. The third kappa shape index (κ3) is 6.34. The van der Waals surface area contributed by atoms with Crippen LogP contribution in [0.1, 0.15) is 24.9 Å². The van der Waals surface area contributed by atoms with E-state index in [1.807, 2.05) is 38.0 Å². The van der Waals surface area contributed by atoms with Crippen molar-refractivity contribution in [2.24, 2.45) is 0 Å². The highest BCUT2D eigenvalue weighted by molar-refractivity contribution is 7.52. The monoisotopic (exact) mass is 562 g/mol.